The fourth-order valence-corrected chi connectivity index (χ4v) is 8.80. The fourth-order valence-electron chi connectivity index (χ4n) is 7.03. The predicted octanol–water partition coefficient (Wildman–Crippen LogP) is 5.99. The Kier molecular flexibility index (Phi) is 15.5. The molecule has 3 amide bonds. The zero-order valence-corrected chi connectivity index (χ0v) is 33.5. The topological polar surface area (TPSA) is 182 Å². The van der Waals surface area contributed by atoms with Crippen LogP contribution in [-0.2, 0) is 45.6 Å². The first-order valence-electron chi connectivity index (χ1n) is 19.2. The van der Waals surface area contributed by atoms with E-state index in [0.717, 1.165) is 43.2 Å². The summed E-state index contributed by atoms with van der Waals surface area (Å²) < 4.78 is 42.7. The highest BCUT2D eigenvalue weighted by molar-refractivity contribution is 7.62. The van der Waals surface area contributed by atoms with Gasteiger partial charge in [-0.2, -0.15) is 0 Å². The number of aryl methyl sites for hydroxylation is 1. The third-order valence-electron chi connectivity index (χ3n) is 9.40. The van der Waals surface area contributed by atoms with Gasteiger partial charge >= 0.3 is 13.6 Å². The van der Waals surface area contributed by atoms with Crippen LogP contribution in [-0.4, -0.2) is 61.8 Å². The molecule has 2 aromatic carbocycles. The quantitative estimate of drug-likeness (QED) is 0.0982. The number of amides is 3. The number of carbonyl (C=O) groups is 4. The second-order valence-corrected chi connectivity index (χ2v) is 17.0. The highest BCUT2D eigenvalue weighted by atomic mass is 31.2. The van der Waals surface area contributed by atoms with Crippen molar-refractivity contribution in [3.63, 3.8) is 0 Å². The Labute approximate surface area is 319 Å². The van der Waals surface area contributed by atoms with Gasteiger partial charge in [0.2, 0.25) is 11.8 Å². The van der Waals surface area contributed by atoms with E-state index in [1.807, 2.05) is 6.07 Å². The van der Waals surface area contributed by atoms with Gasteiger partial charge in [0.05, 0.1) is 31.4 Å². The van der Waals surface area contributed by atoms with E-state index in [1.165, 1.54) is 32.3 Å². The zero-order valence-electron chi connectivity index (χ0n) is 32.6. The maximum Gasteiger partial charge on any atom is 0.365 e. The van der Waals surface area contributed by atoms with Gasteiger partial charge in [0.25, 0.3) is 5.91 Å². The van der Waals surface area contributed by atoms with Gasteiger partial charge in [0.1, 0.15) is 28.4 Å². The van der Waals surface area contributed by atoms with Gasteiger partial charge in [0.15, 0.2) is 6.61 Å². The summed E-state index contributed by atoms with van der Waals surface area (Å²) in [6.45, 7) is 10.1. The van der Waals surface area contributed by atoms with Gasteiger partial charge < -0.3 is 39.6 Å². The number of hydrogen-bond donors (Lipinski definition) is 3. The third kappa shape index (κ3) is 12.3. The Hall–Kier alpha value is -3.93. The number of nitrogens with two attached hydrogens (primary N) is 1. The molecule has 13 nitrogen and oxygen atoms in total. The minimum atomic E-state index is -3.95. The smallest absolute Gasteiger partial charge is 0.365 e. The van der Waals surface area contributed by atoms with Crippen molar-refractivity contribution in [1.29, 1.82) is 0 Å². The minimum Gasteiger partial charge on any atom is -0.492 e. The van der Waals surface area contributed by atoms with Crippen molar-refractivity contribution in [3.05, 3.63) is 52.6 Å². The first-order valence-corrected chi connectivity index (χ1v) is 20.7. The van der Waals surface area contributed by atoms with Gasteiger partial charge in [-0.25, -0.2) is 4.79 Å². The Balaban J connectivity index is 1.61. The first-order chi connectivity index (χ1) is 25.6. The van der Waals surface area contributed by atoms with Gasteiger partial charge in [-0.05, 0) is 114 Å². The highest BCUT2D eigenvalue weighted by Gasteiger charge is 2.33. The number of rotatable bonds is 17. The molecular weight excluding hydrogens is 713 g/mol. The lowest BCUT2D eigenvalue weighted by molar-refractivity contribution is -0.157. The van der Waals surface area contributed by atoms with E-state index >= 15 is 0 Å². The van der Waals surface area contributed by atoms with Crippen molar-refractivity contribution in [2.45, 2.75) is 123 Å². The van der Waals surface area contributed by atoms with Gasteiger partial charge in [-0.3, -0.25) is 18.9 Å². The highest BCUT2D eigenvalue weighted by Crippen LogP contribution is 2.49. The maximum atomic E-state index is 14.1. The largest absolute Gasteiger partial charge is 0.492 e. The van der Waals surface area contributed by atoms with Crippen LogP contribution in [0.25, 0.3) is 0 Å². The Morgan fingerprint density at radius 2 is 1.59 bits per heavy atom. The number of ether oxygens (including phenoxy) is 3. The van der Waals surface area contributed by atoms with Crippen LogP contribution >= 0.6 is 7.60 Å². The van der Waals surface area contributed by atoms with Crippen molar-refractivity contribution in [3.8, 4) is 11.5 Å². The Morgan fingerprint density at radius 1 is 0.907 bits per heavy atom. The molecule has 298 valence electrons. The molecule has 4 N–H and O–H groups in total. The Bertz CT molecular complexity index is 1670. The molecule has 0 aromatic heterocycles. The molecule has 2 aromatic rings. The molecule has 0 unspecified atom stereocenters. The van der Waals surface area contributed by atoms with Crippen LogP contribution in [0.1, 0.15) is 126 Å². The van der Waals surface area contributed by atoms with Crippen LogP contribution in [0.3, 0.4) is 0 Å². The van der Waals surface area contributed by atoms with Crippen molar-refractivity contribution < 1.29 is 47.0 Å². The molecule has 0 heterocycles. The molecule has 0 aliphatic heterocycles. The van der Waals surface area contributed by atoms with Crippen LogP contribution < -0.4 is 31.1 Å². The van der Waals surface area contributed by atoms with Gasteiger partial charge in [-0.1, -0.05) is 31.7 Å². The molecule has 1 saturated carbocycles. The lowest BCUT2D eigenvalue weighted by atomic mass is 9.90. The predicted molar refractivity (Wildman–Crippen MR) is 205 cm³/mol. The Morgan fingerprint density at radius 3 is 2.22 bits per heavy atom. The standard InChI is InChI=1S/C40H58N3O10P/c1-7-51-54(48,52-8-2)36-21-28(18-19-34(36)50-25-37(45)53-40(4,5)6)20-33(42-26(3)44)39(47)43-32-17-13-12-16-29-22-35(31(38(41)46)23-30(29)32)49-24-27-14-10-9-11-15-27/h18-19,21-23,27,32-33H,7-17,20,24-25H2,1-6H3,(H2,41,46)(H,42,44)(H,43,47)/t32-,33-/m0/s1. The monoisotopic (exact) mass is 771 g/mol. The first kappa shape index (κ1) is 42.8. The summed E-state index contributed by atoms with van der Waals surface area (Å²) in [5.74, 6) is -1.07. The number of hydrogen-bond acceptors (Lipinski definition) is 10. The lowest BCUT2D eigenvalue weighted by Crippen LogP contribution is -2.48. The average Bonchev–Trinajstić information content (AvgIpc) is 3.30. The van der Waals surface area contributed by atoms with E-state index in [4.69, 9.17) is 29.0 Å². The van der Waals surface area contributed by atoms with Crippen molar-refractivity contribution in [1.82, 2.24) is 10.6 Å². The molecule has 14 heteroatoms. The molecule has 0 bridgehead atoms. The average molecular weight is 772 g/mol. The van der Waals surface area contributed by atoms with E-state index < -0.39 is 55.6 Å². The maximum absolute atomic E-state index is 14.1. The van der Waals surface area contributed by atoms with E-state index in [2.05, 4.69) is 10.6 Å². The summed E-state index contributed by atoms with van der Waals surface area (Å²) in [6, 6.07) is 6.91. The number of nitrogens with one attached hydrogen (secondary N) is 2. The lowest BCUT2D eigenvalue weighted by Gasteiger charge is -2.26. The summed E-state index contributed by atoms with van der Waals surface area (Å²) in [6.07, 6.45) is 8.90. The minimum absolute atomic E-state index is 0.0169. The summed E-state index contributed by atoms with van der Waals surface area (Å²) in [7, 11) is -3.95. The molecule has 54 heavy (non-hydrogen) atoms. The molecule has 0 saturated heterocycles. The molecule has 1 fully saturated rings. The fraction of sp³-hybridized carbons (Fsp3) is 0.600. The summed E-state index contributed by atoms with van der Waals surface area (Å²) >= 11 is 0. The van der Waals surface area contributed by atoms with Crippen LogP contribution in [0.2, 0.25) is 0 Å². The molecule has 2 atom stereocenters. The number of fused-ring (bicyclic) bond motifs is 1. The molecule has 4 rings (SSSR count). The second kappa shape index (κ2) is 19.6. The number of carbonyl (C=O) groups excluding carboxylic acids is 4. The molecule has 0 spiro atoms. The van der Waals surface area contributed by atoms with E-state index in [9.17, 15) is 23.7 Å². The van der Waals surface area contributed by atoms with Crippen LogP contribution in [0.15, 0.2) is 30.3 Å². The molecule has 2 aliphatic rings. The van der Waals surface area contributed by atoms with E-state index in [0.29, 0.717) is 30.3 Å². The zero-order chi connectivity index (χ0) is 39.5. The van der Waals surface area contributed by atoms with Crippen LogP contribution in [0.5, 0.6) is 11.5 Å². The van der Waals surface area contributed by atoms with Gasteiger partial charge in [0, 0.05) is 13.3 Å². The van der Waals surface area contributed by atoms with Crippen molar-refractivity contribution in [2.75, 3.05) is 26.4 Å². The van der Waals surface area contributed by atoms with Crippen LogP contribution in [0.4, 0.5) is 0 Å². The van der Waals surface area contributed by atoms with Crippen molar-refractivity contribution >= 4 is 36.6 Å². The molecule has 0 radical (unpaired) electrons. The van der Waals surface area contributed by atoms with Gasteiger partial charge in [-0.15, -0.1) is 0 Å². The summed E-state index contributed by atoms with van der Waals surface area (Å²) in [4.78, 5) is 51.6. The van der Waals surface area contributed by atoms with E-state index in [1.54, 1.807) is 52.8 Å². The number of benzene rings is 2. The van der Waals surface area contributed by atoms with E-state index in [-0.39, 0.29) is 36.3 Å². The van der Waals surface area contributed by atoms with Crippen molar-refractivity contribution in [2.24, 2.45) is 11.7 Å². The summed E-state index contributed by atoms with van der Waals surface area (Å²) in [5, 5.41) is 5.97. The molecule has 2 aliphatic carbocycles. The second-order valence-electron chi connectivity index (χ2n) is 15.0. The number of esters is 1. The number of primary amides is 1. The third-order valence-corrected chi connectivity index (χ3v) is 11.5. The summed E-state index contributed by atoms with van der Waals surface area (Å²) in [5.41, 5.74) is 7.71. The normalized spacial score (nSPS) is 17.0. The van der Waals surface area contributed by atoms with Crippen LogP contribution in [0, 0.1) is 5.92 Å². The molecular formula is C40H58N3O10P. The SMILES string of the molecule is CCOP(=O)(OCC)c1cc(C[C@H](NC(C)=O)C(=O)N[C@H]2CCCCc3cc(OCC4CCCCC4)c(C(N)=O)cc32)ccc1OCC(=O)OC(C)(C)C.